The summed E-state index contributed by atoms with van der Waals surface area (Å²) in [6, 6.07) is 15.4. The van der Waals surface area contributed by atoms with Crippen LogP contribution in [0.5, 0.6) is 5.75 Å². The van der Waals surface area contributed by atoms with E-state index in [0.717, 1.165) is 22.6 Å². The number of ether oxygens (including phenoxy) is 1. The lowest BCUT2D eigenvalue weighted by Gasteiger charge is -2.07. The number of hydrogen-bond acceptors (Lipinski definition) is 4. The van der Waals surface area contributed by atoms with Gasteiger partial charge in [0, 0.05) is 16.0 Å². The second kappa shape index (κ2) is 6.16. The fourth-order valence-electron chi connectivity index (χ4n) is 1.94. The van der Waals surface area contributed by atoms with E-state index in [1.807, 2.05) is 53.9 Å². The summed E-state index contributed by atoms with van der Waals surface area (Å²) in [6.45, 7) is 0.490. The molecule has 0 bridgehead atoms. The number of benzene rings is 2. The SMILES string of the molecule is Nc1nc(-c2ccc(OCc3cccc(Cl)c3)cc2)cs1. The summed E-state index contributed by atoms with van der Waals surface area (Å²) < 4.78 is 5.74. The van der Waals surface area contributed by atoms with Crippen LogP contribution in [0.2, 0.25) is 5.02 Å². The van der Waals surface area contributed by atoms with Gasteiger partial charge in [-0.15, -0.1) is 11.3 Å². The van der Waals surface area contributed by atoms with Crippen molar-refractivity contribution in [1.29, 1.82) is 0 Å². The summed E-state index contributed by atoms with van der Waals surface area (Å²) in [6.07, 6.45) is 0. The molecule has 0 aliphatic carbocycles. The number of nitrogen functional groups attached to an aromatic ring is 1. The topological polar surface area (TPSA) is 48.1 Å². The maximum absolute atomic E-state index is 5.95. The first-order valence-electron chi connectivity index (χ1n) is 6.39. The van der Waals surface area contributed by atoms with Gasteiger partial charge in [0.25, 0.3) is 0 Å². The monoisotopic (exact) mass is 316 g/mol. The molecule has 0 fully saturated rings. The Morgan fingerprint density at radius 2 is 1.95 bits per heavy atom. The van der Waals surface area contributed by atoms with E-state index in [2.05, 4.69) is 4.98 Å². The molecular weight excluding hydrogens is 304 g/mol. The highest BCUT2D eigenvalue weighted by Crippen LogP contribution is 2.25. The Morgan fingerprint density at radius 3 is 2.62 bits per heavy atom. The average molecular weight is 317 g/mol. The predicted octanol–water partition coefficient (Wildman–Crippen LogP) is 4.62. The third kappa shape index (κ3) is 3.54. The minimum atomic E-state index is 0.490. The second-order valence-electron chi connectivity index (χ2n) is 4.51. The lowest BCUT2D eigenvalue weighted by Crippen LogP contribution is -1.95. The minimum absolute atomic E-state index is 0.490. The molecule has 21 heavy (non-hydrogen) atoms. The molecule has 0 saturated heterocycles. The first kappa shape index (κ1) is 13.9. The van der Waals surface area contributed by atoms with Gasteiger partial charge < -0.3 is 10.5 Å². The molecule has 2 N–H and O–H groups in total. The molecule has 0 atom stereocenters. The molecule has 1 aromatic heterocycles. The number of thiazole rings is 1. The van der Waals surface area contributed by atoms with E-state index >= 15 is 0 Å². The zero-order valence-corrected chi connectivity index (χ0v) is 12.7. The molecule has 0 spiro atoms. The summed E-state index contributed by atoms with van der Waals surface area (Å²) in [4.78, 5) is 4.25. The number of nitrogens with two attached hydrogens (primary N) is 1. The third-order valence-electron chi connectivity index (χ3n) is 2.97. The number of anilines is 1. The van der Waals surface area contributed by atoms with Gasteiger partial charge in [0.15, 0.2) is 5.13 Å². The number of aromatic nitrogens is 1. The molecule has 0 amide bonds. The van der Waals surface area contributed by atoms with Crippen molar-refractivity contribution in [3.05, 3.63) is 64.5 Å². The zero-order chi connectivity index (χ0) is 14.7. The summed E-state index contributed by atoms with van der Waals surface area (Å²) >= 11 is 7.38. The third-order valence-corrected chi connectivity index (χ3v) is 3.88. The van der Waals surface area contributed by atoms with Gasteiger partial charge in [0.1, 0.15) is 12.4 Å². The van der Waals surface area contributed by atoms with Gasteiger partial charge in [-0.25, -0.2) is 4.98 Å². The molecule has 3 nitrogen and oxygen atoms in total. The largest absolute Gasteiger partial charge is 0.489 e. The Balaban J connectivity index is 1.67. The van der Waals surface area contributed by atoms with Crippen LogP contribution >= 0.6 is 22.9 Å². The van der Waals surface area contributed by atoms with Crippen molar-refractivity contribution in [2.45, 2.75) is 6.61 Å². The van der Waals surface area contributed by atoms with Crippen LogP contribution in [0.1, 0.15) is 5.56 Å². The van der Waals surface area contributed by atoms with Crippen LogP contribution in [0.3, 0.4) is 0 Å². The van der Waals surface area contributed by atoms with E-state index in [-0.39, 0.29) is 0 Å². The van der Waals surface area contributed by atoms with Gasteiger partial charge in [0.2, 0.25) is 0 Å². The summed E-state index contributed by atoms with van der Waals surface area (Å²) in [5.41, 5.74) is 8.60. The van der Waals surface area contributed by atoms with E-state index in [1.165, 1.54) is 11.3 Å². The minimum Gasteiger partial charge on any atom is -0.489 e. The zero-order valence-electron chi connectivity index (χ0n) is 11.1. The van der Waals surface area contributed by atoms with Crippen molar-refractivity contribution < 1.29 is 4.74 Å². The van der Waals surface area contributed by atoms with E-state index in [0.29, 0.717) is 16.8 Å². The Morgan fingerprint density at radius 1 is 1.14 bits per heavy atom. The molecule has 3 aromatic rings. The number of rotatable bonds is 4. The molecule has 0 radical (unpaired) electrons. The van der Waals surface area contributed by atoms with Crippen molar-refractivity contribution in [2.24, 2.45) is 0 Å². The standard InChI is InChI=1S/C16H13ClN2OS/c17-13-3-1-2-11(8-13)9-20-14-6-4-12(5-7-14)15-10-21-16(18)19-15/h1-8,10H,9H2,(H2,18,19). The summed E-state index contributed by atoms with van der Waals surface area (Å²) in [5.74, 6) is 0.807. The van der Waals surface area contributed by atoms with E-state index < -0.39 is 0 Å². The van der Waals surface area contributed by atoms with Gasteiger partial charge in [-0.2, -0.15) is 0 Å². The Labute approximate surface area is 132 Å². The normalized spacial score (nSPS) is 10.5. The molecule has 0 aliphatic heterocycles. The molecule has 0 unspecified atom stereocenters. The van der Waals surface area contributed by atoms with Gasteiger partial charge >= 0.3 is 0 Å². The molecule has 0 saturated carbocycles. The molecule has 1 heterocycles. The van der Waals surface area contributed by atoms with Crippen molar-refractivity contribution in [3.63, 3.8) is 0 Å². The molecule has 0 aliphatic rings. The quantitative estimate of drug-likeness (QED) is 0.763. The van der Waals surface area contributed by atoms with Crippen LogP contribution in [0.15, 0.2) is 53.9 Å². The lowest BCUT2D eigenvalue weighted by molar-refractivity contribution is 0.306. The highest BCUT2D eigenvalue weighted by atomic mass is 35.5. The van der Waals surface area contributed by atoms with Crippen LogP contribution in [-0.4, -0.2) is 4.98 Å². The molecular formula is C16H13ClN2OS. The molecule has 5 heteroatoms. The Bertz CT molecular complexity index is 740. The Kier molecular flexibility index (Phi) is 4.08. The van der Waals surface area contributed by atoms with Crippen LogP contribution in [0.25, 0.3) is 11.3 Å². The van der Waals surface area contributed by atoms with Crippen molar-refractivity contribution in [2.75, 3.05) is 5.73 Å². The molecule has 3 rings (SSSR count). The van der Waals surface area contributed by atoms with Crippen LogP contribution < -0.4 is 10.5 Å². The number of halogens is 1. The number of hydrogen-bond donors (Lipinski definition) is 1. The predicted molar refractivity (Wildman–Crippen MR) is 87.7 cm³/mol. The average Bonchev–Trinajstić information content (AvgIpc) is 2.92. The highest BCUT2D eigenvalue weighted by Gasteiger charge is 2.03. The van der Waals surface area contributed by atoms with Gasteiger partial charge in [-0.05, 0) is 42.0 Å². The van der Waals surface area contributed by atoms with E-state index in [4.69, 9.17) is 22.1 Å². The van der Waals surface area contributed by atoms with Crippen molar-refractivity contribution in [1.82, 2.24) is 4.98 Å². The molecule has 2 aromatic carbocycles. The van der Waals surface area contributed by atoms with Crippen LogP contribution in [-0.2, 0) is 6.61 Å². The van der Waals surface area contributed by atoms with Crippen molar-refractivity contribution >= 4 is 28.1 Å². The highest BCUT2D eigenvalue weighted by molar-refractivity contribution is 7.13. The van der Waals surface area contributed by atoms with Crippen molar-refractivity contribution in [3.8, 4) is 17.0 Å². The van der Waals surface area contributed by atoms with Crippen LogP contribution in [0, 0.1) is 0 Å². The van der Waals surface area contributed by atoms with Gasteiger partial charge in [-0.3, -0.25) is 0 Å². The fraction of sp³-hybridized carbons (Fsp3) is 0.0625. The smallest absolute Gasteiger partial charge is 0.180 e. The number of nitrogens with zero attached hydrogens (tertiary/aromatic N) is 1. The lowest BCUT2D eigenvalue weighted by atomic mass is 10.2. The maximum atomic E-state index is 5.95. The van der Waals surface area contributed by atoms with Gasteiger partial charge in [0.05, 0.1) is 5.69 Å². The maximum Gasteiger partial charge on any atom is 0.180 e. The molecule has 106 valence electrons. The van der Waals surface area contributed by atoms with E-state index in [1.54, 1.807) is 0 Å². The fourth-order valence-corrected chi connectivity index (χ4v) is 2.72. The first-order chi connectivity index (χ1) is 10.2. The van der Waals surface area contributed by atoms with E-state index in [9.17, 15) is 0 Å². The summed E-state index contributed by atoms with van der Waals surface area (Å²) in [5, 5.41) is 3.23. The Hall–Kier alpha value is -2.04. The summed E-state index contributed by atoms with van der Waals surface area (Å²) in [7, 11) is 0. The second-order valence-corrected chi connectivity index (χ2v) is 5.84. The van der Waals surface area contributed by atoms with Gasteiger partial charge in [-0.1, -0.05) is 23.7 Å². The first-order valence-corrected chi connectivity index (χ1v) is 7.65. The van der Waals surface area contributed by atoms with Crippen LogP contribution in [0.4, 0.5) is 5.13 Å².